The van der Waals surface area contributed by atoms with E-state index in [1.165, 1.54) is 24.3 Å². The first-order valence-corrected chi connectivity index (χ1v) is 7.07. The van der Waals surface area contributed by atoms with Crippen LogP contribution in [0.5, 0.6) is 5.75 Å². The minimum absolute atomic E-state index is 0.0239. The summed E-state index contributed by atoms with van der Waals surface area (Å²) >= 11 is 0. The zero-order chi connectivity index (χ0) is 15.2. The van der Waals surface area contributed by atoms with Crippen LogP contribution in [-0.4, -0.2) is 24.2 Å². The molecule has 1 aromatic rings. The molecule has 0 aliphatic heterocycles. The number of ether oxygens (including phenoxy) is 1. The maximum Gasteiger partial charge on any atom is 0.387 e. The van der Waals surface area contributed by atoms with Gasteiger partial charge in [0.15, 0.2) is 0 Å². The third kappa shape index (κ3) is 4.67. The molecule has 116 valence electrons. The number of amides is 1. The topological polar surface area (TPSA) is 58.6 Å². The molecule has 1 aliphatic carbocycles. The van der Waals surface area contributed by atoms with Crippen molar-refractivity contribution in [1.29, 1.82) is 0 Å². The summed E-state index contributed by atoms with van der Waals surface area (Å²) in [4.78, 5) is 11.8. The number of hydrogen-bond donors (Lipinski definition) is 2. The van der Waals surface area contributed by atoms with Gasteiger partial charge in [0.05, 0.1) is 6.10 Å². The van der Waals surface area contributed by atoms with Gasteiger partial charge in [-0.15, -0.1) is 0 Å². The Morgan fingerprint density at radius 2 is 1.90 bits per heavy atom. The summed E-state index contributed by atoms with van der Waals surface area (Å²) < 4.78 is 28.3. The lowest BCUT2D eigenvalue weighted by Gasteiger charge is -2.15. The molecular formula is C15H19F2NO3. The van der Waals surface area contributed by atoms with Crippen molar-refractivity contribution in [3.63, 3.8) is 0 Å². The Kier molecular flexibility index (Phi) is 5.50. The molecular weight excluding hydrogens is 280 g/mol. The number of aliphatic hydroxyl groups excluding tert-OH is 1. The van der Waals surface area contributed by atoms with Crippen LogP contribution in [0.1, 0.15) is 37.4 Å². The molecule has 1 atom stereocenters. The van der Waals surface area contributed by atoms with Gasteiger partial charge in [0, 0.05) is 12.5 Å². The molecule has 0 spiro atoms. The highest BCUT2D eigenvalue weighted by Gasteiger charge is 2.23. The van der Waals surface area contributed by atoms with Gasteiger partial charge in [0.1, 0.15) is 5.75 Å². The first-order chi connectivity index (χ1) is 10.1. The van der Waals surface area contributed by atoms with Crippen LogP contribution in [0.2, 0.25) is 0 Å². The molecule has 1 aliphatic rings. The van der Waals surface area contributed by atoms with Gasteiger partial charge >= 0.3 is 6.61 Å². The summed E-state index contributed by atoms with van der Waals surface area (Å²) in [6.07, 6.45) is 3.10. The highest BCUT2D eigenvalue weighted by atomic mass is 19.3. The Morgan fingerprint density at radius 1 is 1.29 bits per heavy atom. The van der Waals surface area contributed by atoms with E-state index in [2.05, 4.69) is 10.1 Å². The molecule has 1 unspecified atom stereocenters. The van der Waals surface area contributed by atoms with Crippen molar-refractivity contribution in [2.75, 3.05) is 6.54 Å². The van der Waals surface area contributed by atoms with Gasteiger partial charge in [-0.05, 0) is 30.5 Å². The number of nitrogens with one attached hydrogen (secondary N) is 1. The summed E-state index contributed by atoms with van der Waals surface area (Å²) in [7, 11) is 0. The minimum Gasteiger partial charge on any atom is -0.435 e. The second-order valence-electron chi connectivity index (χ2n) is 5.19. The third-order valence-electron chi connectivity index (χ3n) is 3.69. The lowest BCUT2D eigenvalue weighted by Crippen LogP contribution is -2.32. The van der Waals surface area contributed by atoms with Gasteiger partial charge in [-0.3, -0.25) is 4.79 Å². The van der Waals surface area contributed by atoms with Crippen molar-refractivity contribution in [2.24, 2.45) is 5.92 Å². The van der Waals surface area contributed by atoms with Gasteiger partial charge in [-0.2, -0.15) is 8.78 Å². The smallest absolute Gasteiger partial charge is 0.387 e. The molecule has 0 saturated heterocycles. The summed E-state index contributed by atoms with van der Waals surface area (Å²) in [5.74, 6) is 0.0687. The van der Waals surface area contributed by atoms with Crippen LogP contribution >= 0.6 is 0 Å². The average molecular weight is 299 g/mol. The van der Waals surface area contributed by atoms with Crippen molar-refractivity contribution >= 4 is 5.91 Å². The Morgan fingerprint density at radius 3 is 2.48 bits per heavy atom. The molecule has 1 amide bonds. The number of benzene rings is 1. The van der Waals surface area contributed by atoms with Crippen LogP contribution in [0.4, 0.5) is 8.78 Å². The highest BCUT2D eigenvalue weighted by Crippen LogP contribution is 2.25. The summed E-state index contributed by atoms with van der Waals surface area (Å²) in [6.45, 7) is -2.75. The van der Waals surface area contributed by atoms with Crippen molar-refractivity contribution in [2.45, 2.75) is 38.4 Å². The molecule has 4 nitrogen and oxygen atoms in total. The summed E-state index contributed by atoms with van der Waals surface area (Å²) in [5, 5.41) is 12.7. The van der Waals surface area contributed by atoms with Crippen LogP contribution in [-0.2, 0) is 4.79 Å². The van der Waals surface area contributed by atoms with Crippen molar-refractivity contribution in [3.05, 3.63) is 29.8 Å². The number of halogens is 2. The quantitative estimate of drug-likeness (QED) is 0.849. The number of alkyl halides is 2. The maximum absolute atomic E-state index is 12.0. The molecule has 6 heteroatoms. The Hall–Kier alpha value is -1.69. The van der Waals surface area contributed by atoms with E-state index in [4.69, 9.17) is 0 Å². The van der Waals surface area contributed by atoms with Crippen LogP contribution in [0.25, 0.3) is 0 Å². The van der Waals surface area contributed by atoms with Gasteiger partial charge in [0.25, 0.3) is 0 Å². The van der Waals surface area contributed by atoms with Gasteiger partial charge in [0.2, 0.25) is 5.91 Å². The maximum atomic E-state index is 12.0. The van der Waals surface area contributed by atoms with Crippen LogP contribution in [0, 0.1) is 5.92 Å². The predicted octanol–water partition coefficient (Wildman–Crippen LogP) is 2.63. The average Bonchev–Trinajstić information content (AvgIpc) is 2.99. The molecule has 1 aromatic carbocycles. The Balaban J connectivity index is 1.82. The summed E-state index contributed by atoms with van der Waals surface area (Å²) in [5.41, 5.74) is 0.545. The van der Waals surface area contributed by atoms with E-state index in [-0.39, 0.29) is 24.1 Å². The molecule has 21 heavy (non-hydrogen) atoms. The normalized spacial score (nSPS) is 17.0. The van der Waals surface area contributed by atoms with E-state index in [0.717, 1.165) is 25.7 Å². The fourth-order valence-electron chi connectivity index (χ4n) is 2.52. The largest absolute Gasteiger partial charge is 0.435 e. The predicted molar refractivity (Wildman–Crippen MR) is 73.0 cm³/mol. The van der Waals surface area contributed by atoms with E-state index in [9.17, 15) is 18.7 Å². The van der Waals surface area contributed by atoms with Crippen molar-refractivity contribution in [1.82, 2.24) is 5.32 Å². The monoisotopic (exact) mass is 299 g/mol. The fraction of sp³-hybridized carbons (Fsp3) is 0.533. The summed E-state index contributed by atoms with van der Waals surface area (Å²) in [6, 6.07) is 5.74. The van der Waals surface area contributed by atoms with E-state index in [1.54, 1.807) is 0 Å². The van der Waals surface area contributed by atoms with Crippen LogP contribution < -0.4 is 10.1 Å². The van der Waals surface area contributed by atoms with E-state index in [0.29, 0.717) is 5.56 Å². The second-order valence-corrected chi connectivity index (χ2v) is 5.19. The number of carbonyl (C=O) groups excluding carboxylic acids is 1. The zero-order valence-electron chi connectivity index (χ0n) is 11.6. The van der Waals surface area contributed by atoms with E-state index >= 15 is 0 Å². The molecule has 0 bridgehead atoms. The number of aliphatic hydroxyl groups is 1. The third-order valence-corrected chi connectivity index (χ3v) is 3.69. The first kappa shape index (κ1) is 15.7. The molecule has 0 heterocycles. The fourth-order valence-corrected chi connectivity index (χ4v) is 2.52. The molecule has 2 rings (SSSR count). The van der Waals surface area contributed by atoms with Crippen molar-refractivity contribution < 1.29 is 23.4 Å². The number of hydrogen-bond acceptors (Lipinski definition) is 3. The standard InChI is InChI=1S/C15H19F2NO3/c16-15(17)21-12-7-5-10(6-8-12)13(19)9-18-14(20)11-3-1-2-4-11/h5-8,11,13,15,19H,1-4,9H2,(H,18,20). The lowest BCUT2D eigenvalue weighted by atomic mass is 10.1. The SMILES string of the molecule is O=C(NCC(O)c1ccc(OC(F)F)cc1)C1CCCC1. The van der Waals surface area contributed by atoms with Crippen LogP contribution in [0.3, 0.4) is 0 Å². The Bertz CT molecular complexity index is 458. The minimum atomic E-state index is -2.87. The first-order valence-electron chi connectivity index (χ1n) is 7.07. The lowest BCUT2D eigenvalue weighted by molar-refractivity contribution is -0.125. The van der Waals surface area contributed by atoms with E-state index < -0.39 is 12.7 Å². The highest BCUT2D eigenvalue weighted by molar-refractivity contribution is 5.78. The van der Waals surface area contributed by atoms with Crippen molar-refractivity contribution in [3.8, 4) is 5.75 Å². The van der Waals surface area contributed by atoms with Gasteiger partial charge in [-0.25, -0.2) is 0 Å². The van der Waals surface area contributed by atoms with E-state index in [1.807, 2.05) is 0 Å². The molecule has 0 radical (unpaired) electrons. The molecule has 1 fully saturated rings. The molecule has 0 aromatic heterocycles. The van der Waals surface area contributed by atoms with Gasteiger partial charge in [-0.1, -0.05) is 25.0 Å². The Labute approximate surface area is 122 Å². The number of carbonyl (C=O) groups is 1. The number of rotatable bonds is 6. The molecule has 1 saturated carbocycles. The van der Waals surface area contributed by atoms with Crippen LogP contribution in [0.15, 0.2) is 24.3 Å². The second kappa shape index (κ2) is 7.36. The zero-order valence-corrected chi connectivity index (χ0v) is 11.6. The molecule has 2 N–H and O–H groups in total. The van der Waals surface area contributed by atoms with Gasteiger partial charge < -0.3 is 15.2 Å².